The fourth-order valence-corrected chi connectivity index (χ4v) is 5.37. The van der Waals surface area contributed by atoms with Crippen LogP contribution in [0.15, 0.2) is 24.3 Å². The minimum absolute atomic E-state index is 0.00610. The Kier molecular flexibility index (Phi) is 20.8. The molecule has 0 fully saturated rings. The maximum Gasteiger partial charge on any atom is 0.326 e. The molecule has 21 nitrogen and oxygen atoms in total. The van der Waals surface area contributed by atoms with Gasteiger partial charge in [-0.25, -0.2) is 4.79 Å². The van der Waals surface area contributed by atoms with Crippen LogP contribution in [0, 0.1) is 11.8 Å². The van der Waals surface area contributed by atoms with E-state index in [1.54, 1.807) is 27.7 Å². The number of phenols is 1. The maximum atomic E-state index is 13.9. The summed E-state index contributed by atoms with van der Waals surface area (Å²) in [5.74, 6) is -10.2. The van der Waals surface area contributed by atoms with E-state index < -0.39 is 127 Å². The molecule has 1 aromatic rings. The fraction of sp³-hybridized carbons (Fsp3) is 0.595. The van der Waals surface area contributed by atoms with Crippen molar-refractivity contribution in [1.29, 1.82) is 0 Å². The van der Waals surface area contributed by atoms with Gasteiger partial charge in [-0.2, -0.15) is 0 Å². The number of primary amides is 1. The summed E-state index contributed by atoms with van der Waals surface area (Å²) in [7, 11) is 0. The molecule has 0 radical (unpaired) electrons. The fourth-order valence-electron chi connectivity index (χ4n) is 5.37. The van der Waals surface area contributed by atoms with Gasteiger partial charge in [0.05, 0.1) is 12.5 Å². The number of nitrogens with two attached hydrogens (primary N) is 2. The topological polar surface area (TPSA) is 359 Å². The number of carbonyl (C=O) groups excluding carboxylic acids is 7. The molecule has 0 saturated carbocycles. The molecule has 0 aliphatic rings. The van der Waals surface area contributed by atoms with E-state index in [1.807, 2.05) is 0 Å². The standard InChI is InChI=1S/C37H58N8O13/c1-7-18(4)30(36(56)44-25(15-21-8-10-22(47)11-9-21)32(52)41-23(37(57)58)12-13-28(49)50)45-34(54)24(14-17(2)3)43-33(53)26(16-27(38)48)42-31(51)19(5)40-35(55)29(39)20(6)46/h8-11,17-20,23-26,29-30,46-47H,7,12-16,39H2,1-6H3,(H2,38,48)(H,40,55)(H,41,52)(H,42,51)(H,43,53)(H,44,56)(H,45,54)(H,49,50)(H,57,58)/t18-,19-,20+,23-,24-,25-,26-,29-,30-/m0/s1. The van der Waals surface area contributed by atoms with Gasteiger partial charge in [-0.1, -0.05) is 46.2 Å². The molecule has 21 heteroatoms. The number of aliphatic hydroxyl groups is 1. The Hall–Kier alpha value is -5.83. The Bertz CT molecular complexity index is 1620. The van der Waals surface area contributed by atoms with Gasteiger partial charge in [0.1, 0.15) is 48.0 Å². The van der Waals surface area contributed by atoms with Crippen LogP contribution in [0.25, 0.3) is 0 Å². The number of carbonyl (C=O) groups is 9. The van der Waals surface area contributed by atoms with E-state index in [-0.39, 0.29) is 24.5 Å². The normalized spacial score (nSPS) is 15.7. The van der Waals surface area contributed by atoms with Gasteiger partial charge in [0.25, 0.3) is 0 Å². The summed E-state index contributed by atoms with van der Waals surface area (Å²) in [6.45, 7) is 9.37. The largest absolute Gasteiger partial charge is 0.508 e. The molecule has 0 spiro atoms. The van der Waals surface area contributed by atoms with E-state index in [2.05, 4.69) is 31.9 Å². The minimum atomic E-state index is -1.62. The zero-order valence-electron chi connectivity index (χ0n) is 33.4. The van der Waals surface area contributed by atoms with Crippen molar-refractivity contribution >= 4 is 53.3 Å². The number of carboxylic acids is 2. The van der Waals surface area contributed by atoms with Crippen LogP contribution in [0.5, 0.6) is 5.75 Å². The molecule has 0 bridgehead atoms. The summed E-state index contributed by atoms with van der Waals surface area (Å²) < 4.78 is 0. The molecule has 0 saturated heterocycles. The average molecular weight is 823 g/mol. The Morgan fingerprint density at radius 1 is 0.672 bits per heavy atom. The first-order chi connectivity index (χ1) is 27.0. The number of hydrogen-bond donors (Lipinski definition) is 12. The Balaban J connectivity index is 3.38. The van der Waals surface area contributed by atoms with Crippen LogP contribution in [0.1, 0.15) is 79.2 Å². The molecule has 0 aromatic heterocycles. The average Bonchev–Trinajstić information content (AvgIpc) is 3.13. The van der Waals surface area contributed by atoms with Crippen molar-refractivity contribution in [3.05, 3.63) is 29.8 Å². The molecule has 0 unspecified atom stereocenters. The van der Waals surface area contributed by atoms with Crippen molar-refractivity contribution in [3.8, 4) is 5.75 Å². The maximum absolute atomic E-state index is 13.9. The highest BCUT2D eigenvalue weighted by Crippen LogP contribution is 2.15. The summed E-state index contributed by atoms with van der Waals surface area (Å²) in [4.78, 5) is 115. The molecule has 0 aliphatic carbocycles. The summed E-state index contributed by atoms with van der Waals surface area (Å²) in [6.07, 6.45) is -2.85. The summed E-state index contributed by atoms with van der Waals surface area (Å²) >= 11 is 0. The number of aliphatic hydroxyl groups excluding tert-OH is 1. The predicted molar refractivity (Wildman–Crippen MR) is 206 cm³/mol. The Morgan fingerprint density at radius 2 is 1.19 bits per heavy atom. The van der Waals surface area contributed by atoms with Crippen LogP contribution < -0.4 is 43.4 Å². The van der Waals surface area contributed by atoms with E-state index in [9.17, 15) is 58.5 Å². The second-order valence-electron chi connectivity index (χ2n) is 14.6. The third-order valence-corrected chi connectivity index (χ3v) is 9.02. The van der Waals surface area contributed by atoms with Gasteiger partial charge < -0.3 is 63.8 Å². The van der Waals surface area contributed by atoms with Gasteiger partial charge in [-0.3, -0.25) is 38.4 Å². The van der Waals surface area contributed by atoms with E-state index in [0.29, 0.717) is 12.0 Å². The lowest BCUT2D eigenvalue weighted by atomic mass is 9.95. The zero-order chi connectivity index (χ0) is 44.4. The van der Waals surface area contributed by atoms with Crippen LogP contribution in [0.4, 0.5) is 0 Å². The van der Waals surface area contributed by atoms with E-state index in [1.165, 1.54) is 38.1 Å². The van der Waals surface area contributed by atoms with Crippen molar-refractivity contribution in [2.45, 2.75) is 128 Å². The number of hydrogen-bond acceptors (Lipinski definition) is 12. The molecule has 0 aliphatic heterocycles. The summed E-state index contributed by atoms with van der Waals surface area (Å²) in [5, 5.41) is 52.5. The lowest BCUT2D eigenvalue weighted by molar-refractivity contribution is -0.143. The summed E-state index contributed by atoms with van der Waals surface area (Å²) in [5.41, 5.74) is 11.4. The Labute approximate surface area is 335 Å². The second kappa shape index (κ2) is 24.1. The molecular weight excluding hydrogens is 764 g/mol. The number of carboxylic acid groups (broad SMARTS) is 2. The predicted octanol–water partition coefficient (Wildman–Crippen LogP) is -2.51. The first-order valence-electron chi connectivity index (χ1n) is 18.7. The van der Waals surface area contributed by atoms with Gasteiger partial charge in [0.15, 0.2) is 0 Å². The van der Waals surface area contributed by atoms with Crippen molar-refractivity contribution < 1.29 is 63.6 Å². The Morgan fingerprint density at radius 3 is 1.69 bits per heavy atom. The summed E-state index contributed by atoms with van der Waals surface area (Å²) in [6, 6.07) is -4.42. The minimum Gasteiger partial charge on any atom is -0.508 e. The highest BCUT2D eigenvalue weighted by atomic mass is 16.4. The molecule has 324 valence electrons. The molecule has 7 amide bonds. The number of amides is 7. The number of rotatable bonds is 25. The quantitative estimate of drug-likeness (QED) is 0.0485. The third-order valence-electron chi connectivity index (χ3n) is 9.02. The monoisotopic (exact) mass is 822 g/mol. The van der Waals surface area contributed by atoms with Gasteiger partial charge in [0, 0.05) is 12.8 Å². The van der Waals surface area contributed by atoms with E-state index in [0.717, 1.165) is 0 Å². The first kappa shape index (κ1) is 50.2. The molecule has 9 atom stereocenters. The lowest BCUT2D eigenvalue weighted by Crippen LogP contribution is -2.61. The van der Waals surface area contributed by atoms with Crippen molar-refractivity contribution in [3.63, 3.8) is 0 Å². The highest BCUT2D eigenvalue weighted by Gasteiger charge is 2.35. The number of nitrogens with one attached hydrogen (secondary N) is 6. The second-order valence-corrected chi connectivity index (χ2v) is 14.6. The molecule has 1 aromatic carbocycles. The van der Waals surface area contributed by atoms with Gasteiger partial charge in [-0.15, -0.1) is 0 Å². The van der Waals surface area contributed by atoms with Crippen LogP contribution in [0.2, 0.25) is 0 Å². The number of benzene rings is 1. The smallest absolute Gasteiger partial charge is 0.326 e. The lowest BCUT2D eigenvalue weighted by Gasteiger charge is -2.30. The highest BCUT2D eigenvalue weighted by molar-refractivity contribution is 5.98. The van der Waals surface area contributed by atoms with Crippen molar-refractivity contribution in [2.24, 2.45) is 23.3 Å². The molecular formula is C37H58N8O13. The molecule has 58 heavy (non-hydrogen) atoms. The SMILES string of the molecule is CC[C@H](C)[C@H](NC(=O)[C@H](CC(C)C)NC(=O)[C@H](CC(N)=O)NC(=O)[C@H](C)NC(=O)[C@@H](N)[C@@H](C)O)C(=O)N[C@@H](Cc1ccc(O)cc1)C(=O)N[C@@H](CCC(=O)O)C(=O)O. The van der Waals surface area contributed by atoms with E-state index in [4.69, 9.17) is 16.6 Å². The number of phenolic OH excluding ortho intramolecular Hbond substituents is 1. The molecule has 0 heterocycles. The van der Waals surface area contributed by atoms with Crippen LogP contribution in [-0.2, 0) is 49.6 Å². The van der Waals surface area contributed by atoms with Crippen LogP contribution in [0.3, 0.4) is 0 Å². The van der Waals surface area contributed by atoms with Crippen molar-refractivity contribution in [1.82, 2.24) is 31.9 Å². The van der Waals surface area contributed by atoms with Gasteiger partial charge in [-0.05, 0) is 56.2 Å². The van der Waals surface area contributed by atoms with Crippen LogP contribution in [-0.4, -0.2) is 122 Å². The number of aliphatic carboxylic acids is 2. The zero-order valence-corrected chi connectivity index (χ0v) is 33.4. The number of aromatic hydroxyl groups is 1. The van der Waals surface area contributed by atoms with Crippen molar-refractivity contribution in [2.75, 3.05) is 0 Å². The van der Waals surface area contributed by atoms with Gasteiger partial charge in [0.2, 0.25) is 41.4 Å². The first-order valence-corrected chi connectivity index (χ1v) is 18.7. The van der Waals surface area contributed by atoms with E-state index >= 15 is 0 Å². The van der Waals surface area contributed by atoms with Gasteiger partial charge >= 0.3 is 11.9 Å². The third kappa shape index (κ3) is 17.5. The van der Waals surface area contributed by atoms with Crippen LogP contribution >= 0.6 is 0 Å². The molecule has 1 rings (SSSR count). The molecule has 14 N–H and O–H groups in total.